The van der Waals surface area contributed by atoms with E-state index in [0.29, 0.717) is 0 Å². The molecule has 2 nitrogen and oxygen atoms in total. The second kappa shape index (κ2) is 3.81. The van der Waals surface area contributed by atoms with Crippen LogP contribution < -0.4 is 10.1 Å². The molecule has 0 aliphatic heterocycles. The van der Waals surface area contributed by atoms with Gasteiger partial charge in [0, 0.05) is 12.7 Å². The Hall–Kier alpha value is -1.44. The van der Waals surface area contributed by atoms with E-state index in [1.54, 1.807) is 7.11 Å². The normalized spacial score (nSPS) is 9.17. The Morgan fingerprint density at radius 2 is 1.92 bits per heavy atom. The van der Waals surface area contributed by atoms with Crippen LogP contribution in [0.4, 0.5) is 0 Å². The summed E-state index contributed by atoms with van der Waals surface area (Å²) in [6.07, 6.45) is 0. The second-order valence-corrected chi connectivity index (χ2v) is 2.46. The minimum atomic E-state index is 0.864. The molecule has 0 aliphatic rings. The molecule has 0 saturated carbocycles. The van der Waals surface area contributed by atoms with Crippen molar-refractivity contribution in [3.8, 4) is 5.75 Å². The van der Waals surface area contributed by atoms with Crippen LogP contribution in [0.2, 0.25) is 0 Å². The Labute approximate surface area is 72.9 Å². The highest BCUT2D eigenvalue weighted by Crippen LogP contribution is 2.14. The Kier molecular flexibility index (Phi) is 2.75. The molecule has 1 aromatic carbocycles. The van der Waals surface area contributed by atoms with Gasteiger partial charge in [0.25, 0.3) is 0 Å². The number of ether oxygens (including phenoxy) is 1. The summed E-state index contributed by atoms with van der Waals surface area (Å²) in [4.78, 5) is 0. The fraction of sp³-hybridized carbons (Fsp3) is 0.200. The fourth-order valence-corrected chi connectivity index (χ4v) is 0.937. The van der Waals surface area contributed by atoms with Crippen LogP contribution in [0.5, 0.6) is 5.75 Å². The third-order valence-electron chi connectivity index (χ3n) is 1.74. The smallest absolute Gasteiger partial charge is 0.118 e. The van der Waals surface area contributed by atoms with Crippen molar-refractivity contribution in [2.24, 2.45) is 0 Å². The SMILES string of the molecule is C=C(NC)c1ccc(OC)cc1. The molecule has 0 spiro atoms. The number of hydrogen-bond donors (Lipinski definition) is 1. The minimum Gasteiger partial charge on any atom is -0.497 e. The molecule has 1 N–H and O–H groups in total. The molecule has 0 unspecified atom stereocenters. The van der Waals surface area contributed by atoms with E-state index in [0.717, 1.165) is 17.0 Å². The van der Waals surface area contributed by atoms with Crippen molar-refractivity contribution >= 4 is 5.70 Å². The average Bonchev–Trinajstić information content (AvgIpc) is 2.17. The fourth-order valence-electron chi connectivity index (χ4n) is 0.937. The summed E-state index contributed by atoms with van der Waals surface area (Å²) >= 11 is 0. The molecule has 0 aromatic heterocycles. The maximum Gasteiger partial charge on any atom is 0.118 e. The van der Waals surface area contributed by atoms with Crippen LogP contribution in [0.1, 0.15) is 5.56 Å². The molecule has 0 radical (unpaired) electrons. The van der Waals surface area contributed by atoms with Crippen molar-refractivity contribution in [3.05, 3.63) is 36.4 Å². The number of hydrogen-bond acceptors (Lipinski definition) is 2. The third kappa shape index (κ3) is 1.78. The molecular formula is C10H13NO. The first-order valence-corrected chi connectivity index (χ1v) is 3.79. The summed E-state index contributed by atoms with van der Waals surface area (Å²) in [5.74, 6) is 0.864. The Bertz CT molecular complexity index is 264. The van der Waals surface area contributed by atoms with Gasteiger partial charge in [0.2, 0.25) is 0 Å². The highest BCUT2D eigenvalue weighted by Gasteiger charge is 1.95. The Morgan fingerprint density at radius 3 is 2.33 bits per heavy atom. The van der Waals surface area contributed by atoms with Gasteiger partial charge >= 0.3 is 0 Å². The first kappa shape index (κ1) is 8.65. The second-order valence-electron chi connectivity index (χ2n) is 2.46. The van der Waals surface area contributed by atoms with Crippen molar-refractivity contribution in [1.29, 1.82) is 0 Å². The lowest BCUT2D eigenvalue weighted by Crippen LogP contribution is -2.02. The van der Waals surface area contributed by atoms with Gasteiger partial charge in [-0.15, -0.1) is 0 Å². The summed E-state index contributed by atoms with van der Waals surface area (Å²) < 4.78 is 5.03. The third-order valence-corrected chi connectivity index (χ3v) is 1.74. The van der Waals surface area contributed by atoms with Crippen LogP contribution in [-0.4, -0.2) is 14.2 Å². The predicted octanol–water partition coefficient (Wildman–Crippen LogP) is 1.89. The summed E-state index contributed by atoms with van der Waals surface area (Å²) in [6, 6.07) is 7.77. The number of rotatable bonds is 3. The monoisotopic (exact) mass is 163 g/mol. The van der Waals surface area contributed by atoms with Crippen LogP contribution in [0.3, 0.4) is 0 Å². The molecule has 0 amide bonds. The molecule has 12 heavy (non-hydrogen) atoms. The van der Waals surface area contributed by atoms with Gasteiger partial charge in [-0.25, -0.2) is 0 Å². The molecule has 1 rings (SSSR count). The van der Waals surface area contributed by atoms with Crippen LogP contribution >= 0.6 is 0 Å². The molecule has 0 bridgehead atoms. The Morgan fingerprint density at radius 1 is 1.33 bits per heavy atom. The van der Waals surface area contributed by atoms with Crippen molar-refractivity contribution in [2.75, 3.05) is 14.2 Å². The van der Waals surface area contributed by atoms with Crippen molar-refractivity contribution in [2.45, 2.75) is 0 Å². The van der Waals surface area contributed by atoms with E-state index in [1.165, 1.54) is 0 Å². The molecular weight excluding hydrogens is 150 g/mol. The average molecular weight is 163 g/mol. The van der Waals surface area contributed by atoms with E-state index in [2.05, 4.69) is 11.9 Å². The zero-order chi connectivity index (χ0) is 8.97. The van der Waals surface area contributed by atoms with Crippen molar-refractivity contribution in [3.63, 3.8) is 0 Å². The maximum atomic E-state index is 5.03. The Balaban J connectivity index is 2.84. The zero-order valence-corrected chi connectivity index (χ0v) is 7.42. The standard InChI is InChI=1S/C10H13NO/c1-8(11-2)9-4-6-10(12-3)7-5-9/h4-7,11H,1H2,2-3H3. The van der Waals surface area contributed by atoms with Crippen molar-refractivity contribution < 1.29 is 4.74 Å². The summed E-state index contributed by atoms with van der Waals surface area (Å²) in [6.45, 7) is 3.85. The van der Waals surface area contributed by atoms with E-state index < -0.39 is 0 Å². The molecule has 0 heterocycles. The first-order valence-electron chi connectivity index (χ1n) is 3.79. The van der Waals surface area contributed by atoms with Gasteiger partial charge in [-0.2, -0.15) is 0 Å². The van der Waals surface area contributed by atoms with Crippen LogP contribution in [0.25, 0.3) is 5.70 Å². The molecule has 0 fully saturated rings. The molecule has 0 atom stereocenters. The summed E-state index contributed by atoms with van der Waals surface area (Å²) in [7, 11) is 3.51. The van der Waals surface area contributed by atoms with Gasteiger partial charge in [0.05, 0.1) is 7.11 Å². The van der Waals surface area contributed by atoms with Gasteiger partial charge in [-0.05, 0) is 29.8 Å². The molecule has 1 aromatic rings. The molecule has 0 aliphatic carbocycles. The zero-order valence-electron chi connectivity index (χ0n) is 7.42. The minimum absolute atomic E-state index is 0.864. The topological polar surface area (TPSA) is 21.3 Å². The molecule has 2 heteroatoms. The van der Waals surface area contributed by atoms with Gasteiger partial charge < -0.3 is 10.1 Å². The lowest BCUT2D eigenvalue weighted by atomic mass is 10.2. The summed E-state index contributed by atoms with van der Waals surface area (Å²) in [5.41, 5.74) is 2.00. The number of nitrogens with one attached hydrogen (secondary N) is 1. The highest BCUT2D eigenvalue weighted by molar-refractivity contribution is 5.61. The number of benzene rings is 1. The van der Waals surface area contributed by atoms with Gasteiger partial charge in [0.1, 0.15) is 5.75 Å². The van der Waals surface area contributed by atoms with Crippen LogP contribution in [-0.2, 0) is 0 Å². The number of methoxy groups -OCH3 is 1. The lowest BCUT2D eigenvalue weighted by Gasteiger charge is -2.05. The van der Waals surface area contributed by atoms with E-state index in [-0.39, 0.29) is 0 Å². The van der Waals surface area contributed by atoms with Crippen LogP contribution in [0.15, 0.2) is 30.8 Å². The maximum absolute atomic E-state index is 5.03. The van der Waals surface area contributed by atoms with Gasteiger partial charge in [0.15, 0.2) is 0 Å². The van der Waals surface area contributed by atoms with Crippen molar-refractivity contribution in [1.82, 2.24) is 5.32 Å². The van der Waals surface area contributed by atoms with Crippen LogP contribution in [0, 0.1) is 0 Å². The predicted molar refractivity (Wildman–Crippen MR) is 51.1 cm³/mol. The van der Waals surface area contributed by atoms with E-state index >= 15 is 0 Å². The molecule has 64 valence electrons. The summed E-state index contributed by atoms with van der Waals surface area (Å²) in [5, 5.41) is 2.98. The molecule has 0 saturated heterocycles. The van der Waals surface area contributed by atoms with E-state index in [4.69, 9.17) is 4.74 Å². The van der Waals surface area contributed by atoms with E-state index in [9.17, 15) is 0 Å². The largest absolute Gasteiger partial charge is 0.497 e. The lowest BCUT2D eigenvalue weighted by molar-refractivity contribution is 0.415. The van der Waals surface area contributed by atoms with Gasteiger partial charge in [-0.3, -0.25) is 0 Å². The first-order chi connectivity index (χ1) is 5.77. The quantitative estimate of drug-likeness (QED) is 0.734. The highest BCUT2D eigenvalue weighted by atomic mass is 16.5. The van der Waals surface area contributed by atoms with Gasteiger partial charge in [-0.1, -0.05) is 6.58 Å². The van der Waals surface area contributed by atoms with E-state index in [1.807, 2.05) is 31.3 Å².